The maximum absolute atomic E-state index is 12.5. The van der Waals surface area contributed by atoms with Crippen LogP contribution in [0.3, 0.4) is 0 Å². The molecule has 1 N–H and O–H groups in total. The Morgan fingerprint density at radius 3 is 2.54 bits per heavy atom. The molecule has 0 aliphatic carbocycles. The fourth-order valence-electron chi connectivity index (χ4n) is 3.15. The Morgan fingerprint density at radius 1 is 1.04 bits per heavy atom. The molecule has 0 saturated carbocycles. The van der Waals surface area contributed by atoms with E-state index in [1.165, 1.54) is 0 Å². The summed E-state index contributed by atoms with van der Waals surface area (Å²) >= 11 is 0. The first kappa shape index (κ1) is 16.5. The summed E-state index contributed by atoms with van der Waals surface area (Å²) in [6.07, 6.45) is 0. The third-order valence-electron chi connectivity index (χ3n) is 4.59. The van der Waals surface area contributed by atoms with Crippen LogP contribution in [-0.4, -0.2) is 37.2 Å². The predicted molar refractivity (Wildman–Crippen MR) is 104 cm³/mol. The van der Waals surface area contributed by atoms with Crippen molar-refractivity contribution in [2.75, 3.05) is 36.5 Å². The number of amides is 1. The third kappa shape index (κ3) is 3.53. The van der Waals surface area contributed by atoms with Crippen molar-refractivity contribution >= 4 is 28.2 Å². The molecular formula is C21H21N3O2. The van der Waals surface area contributed by atoms with Crippen molar-refractivity contribution in [3.8, 4) is 0 Å². The summed E-state index contributed by atoms with van der Waals surface area (Å²) in [5.74, 6) is -0.120. The average Bonchev–Trinajstić information content (AvgIpc) is 2.68. The molecular weight excluding hydrogens is 326 g/mol. The second kappa shape index (κ2) is 7.14. The molecule has 5 nitrogen and oxygen atoms in total. The van der Waals surface area contributed by atoms with E-state index in [1.54, 1.807) is 0 Å². The number of rotatable bonds is 3. The van der Waals surface area contributed by atoms with Gasteiger partial charge in [-0.25, -0.2) is 0 Å². The smallest absolute Gasteiger partial charge is 0.255 e. The minimum Gasteiger partial charge on any atom is -0.378 e. The number of aryl methyl sites for hydroxylation is 1. The van der Waals surface area contributed by atoms with Gasteiger partial charge in [0.05, 0.1) is 18.7 Å². The molecule has 1 aromatic heterocycles. The lowest BCUT2D eigenvalue weighted by Crippen LogP contribution is -2.36. The Hall–Kier alpha value is -2.92. The molecule has 132 valence electrons. The molecule has 5 heteroatoms. The fourth-order valence-corrected chi connectivity index (χ4v) is 3.15. The van der Waals surface area contributed by atoms with Gasteiger partial charge in [-0.2, -0.15) is 0 Å². The normalized spacial score (nSPS) is 14.4. The van der Waals surface area contributed by atoms with Crippen LogP contribution < -0.4 is 10.2 Å². The molecule has 1 saturated heterocycles. The number of anilines is 2. The number of fused-ring (bicyclic) bond motifs is 1. The summed E-state index contributed by atoms with van der Waals surface area (Å²) in [5, 5.41) is 4.02. The number of ether oxygens (including phenoxy) is 1. The number of hydrogen-bond donors (Lipinski definition) is 1. The highest BCUT2D eigenvalue weighted by Crippen LogP contribution is 2.20. The van der Waals surface area contributed by atoms with E-state index in [-0.39, 0.29) is 5.91 Å². The van der Waals surface area contributed by atoms with Crippen molar-refractivity contribution < 1.29 is 9.53 Å². The van der Waals surface area contributed by atoms with Gasteiger partial charge in [-0.1, -0.05) is 12.1 Å². The first-order chi connectivity index (χ1) is 12.7. The molecule has 0 radical (unpaired) electrons. The molecule has 0 unspecified atom stereocenters. The molecule has 4 rings (SSSR count). The zero-order valence-electron chi connectivity index (χ0n) is 14.7. The minimum absolute atomic E-state index is 0.120. The van der Waals surface area contributed by atoms with Gasteiger partial charge in [0.15, 0.2) is 0 Å². The number of aromatic nitrogens is 1. The summed E-state index contributed by atoms with van der Waals surface area (Å²) in [5.41, 5.74) is 4.34. The Balaban J connectivity index is 1.49. The topological polar surface area (TPSA) is 54.5 Å². The van der Waals surface area contributed by atoms with Crippen LogP contribution in [0.1, 0.15) is 16.1 Å². The van der Waals surface area contributed by atoms with Crippen molar-refractivity contribution in [2.45, 2.75) is 6.92 Å². The Morgan fingerprint density at radius 2 is 1.77 bits per heavy atom. The van der Waals surface area contributed by atoms with Gasteiger partial charge in [0, 0.05) is 41.1 Å². The summed E-state index contributed by atoms with van der Waals surface area (Å²) in [6.45, 7) is 5.22. The molecule has 3 aromatic rings. The number of nitrogens with zero attached hydrogens (tertiary/aromatic N) is 2. The maximum atomic E-state index is 12.5. The lowest BCUT2D eigenvalue weighted by molar-refractivity contribution is 0.102. The van der Waals surface area contributed by atoms with E-state index >= 15 is 0 Å². The monoisotopic (exact) mass is 347 g/mol. The lowest BCUT2D eigenvalue weighted by atomic mass is 10.1. The zero-order chi connectivity index (χ0) is 17.9. The van der Waals surface area contributed by atoms with Crippen LogP contribution >= 0.6 is 0 Å². The van der Waals surface area contributed by atoms with E-state index in [9.17, 15) is 4.79 Å². The van der Waals surface area contributed by atoms with E-state index in [1.807, 2.05) is 61.5 Å². The van der Waals surface area contributed by atoms with Crippen LogP contribution in [0.2, 0.25) is 0 Å². The lowest BCUT2D eigenvalue weighted by Gasteiger charge is -2.28. The van der Waals surface area contributed by atoms with Crippen molar-refractivity contribution in [3.05, 3.63) is 65.9 Å². The van der Waals surface area contributed by atoms with E-state index < -0.39 is 0 Å². The van der Waals surface area contributed by atoms with Crippen LogP contribution in [0.15, 0.2) is 54.6 Å². The van der Waals surface area contributed by atoms with Crippen LogP contribution in [0, 0.1) is 6.92 Å². The van der Waals surface area contributed by atoms with E-state index in [0.29, 0.717) is 5.56 Å². The number of nitrogens with one attached hydrogen (secondary N) is 1. The van der Waals surface area contributed by atoms with Crippen LogP contribution in [-0.2, 0) is 4.74 Å². The molecule has 1 amide bonds. The predicted octanol–water partition coefficient (Wildman–Crippen LogP) is 3.63. The SMILES string of the molecule is Cc1ccc2ccc(NC(=O)c3ccc(N4CCOCC4)cc3)cc2n1. The van der Waals surface area contributed by atoms with Gasteiger partial charge < -0.3 is 15.0 Å². The molecule has 0 atom stereocenters. The second-order valence-electron chi connectivity index (χ2n) is 6.46. The molecule has 1 fully saturated rings. The van der Waals surface area contributed by atoms with Crippen molar-refractivity contribution in [1.82, 2.24) is 4.98 Å². The Bertz CT molecular complexity index is 932. The number of hydrogen-bond acceptors (Lipinski definition) is 4. The quantitative estimate of drug-likeness (QED) is 0.786. The third-order valence-corrected chi connectivity index (χ3v) is 4.59. The Labute approximate surface area is 152 Å². The van der Waals surface area contributed by atoms with Gasteiger partial charge in [0.1, 0.15) is 0 Å². The molecule has 1 aliphatic heterocycles. The van der Waals surface area contributed by atoms with Gasteiger partial charge in [0.25, 0.3) is 5.91 Å². The first-order valence-electron chi connectivity index (χ1n) is 8.80. The molecule has 2 heterocycles. The number of pyridine rings is 1. The highest BCUT2D eigenvalue weighted by atomic mass is 16.5. The summed E-state index contributed by atoms with van der Waals surface area (Å²) in [4.78, 5) is 19.3. The Kier molecular flexibility index (Phi) is 4.54. The maximum Gasteiger partial charge on any atom is 0.255 e. The molecule has 26 heavy (non-hydrogen) atoms. The molecule has 1 aliphatic rings. The van der Waals surface area contributed by atoms with Gasteiger partial charge in [0.2, 0.25) is 0 Å². The molecule has 0 spiro atoms. The standard InChI is InChI=1S/C21H21N3O2/c1-15-2-3-16-4-7-18(14-20(16)22-15)23-21(25)17-5-8-19(9-6-17)24-10-12-26-13-11-24/h2-9,14H,10-13H2,1H3,(H,23,25). The summed E-state index contributed by atoms with van der Waals surface area (Å²) in [6, 6.07) is 17.5. The summed E-state index contributed by atoms with van der Waals surface area (Å²) in [7, 11) is 0. The number of carbonyl (C=O) groups excluding carboxylic acids is 1. The van der Waals surface area contributed by atoms with Crippen molar-refractivity contribution in [3.63, 3.8) is 0 Å². The number of benzene rings is 2. The fraction of sp³-hybridized carbons (Fsp3) is 0.238. The van der Waals surface area contributed by atoms with Gasteiger partial charge >= 0.3 is 0 Å². The minimum atomic E-state index is -0.120. The van der Waals surface area contributed by atoms with Gasteiger partial charge in [-0.15, -0.1) is 0 Å². The molecule has 2 aromatic carbocycles. The van der Waals surface area contributed by atoms with Crippen LogP contribution in [0.5, 0.6) is 0 Å². The van der Waals surface area contributed by atoms with E-state index in [2.05, 4.69) is 15.2 Å². The molecule has 0 bridgehead atoms. The van der Waals surface area contributed by atoms with Crippen LogP contribution in [0.4, 0.5) is 11.4 Å². The number of morpholine rings is 1. The average molecular weight is 347 g/mol. The highest BCUT2D eigenvalue weighted by molar-refractivity contribution is 6.05. The van der Waals surface area contributed by atoms with Gasteiger partial charge in [-0.05, 0) is 49.4 Å². The van der Waals surface area contributed by atoms with E-state index in [4.69, 9.17) is 4.74 Å². The zero-order valence-corrected chi connectivity index (χ0v) is 14.7. The summed E-state index contributed by atoms with van der Waals surface area (Å²) < 4.78 is 5.38. The van der Waals surface area contributed by atoms with Crippen molar-refractivity contribution in [2.24, 2.45) is 0 Å². The second-order valence-corrected chi connectivity index (χ2v) is 6.46. The first-order valence-corrected chi connectivity index (χ1v) is 8.80. The number of carbonyl (C=O) groups is 1. The van der Waals surface area contributed by atoms with Gasteiger partial charge in [-0.3, -0.25) is 9.78 Å². The van der Waals surface area contributed by atoms with E-state index in [0.717, 1.165) is 54.3 Å². The van der Waals surface area contributed by atoms with Crippen LogP contribution in [0.25, 0.3) is 10.9 Å². The van der Waals surface area contributed by atoms with Crippen molar-refractivity contribution in [1.29, 1.82) is 0 Å². The largest absolute Gasteiger partial charge is 0.378 e. The highest BCUT2D eigenvalue weighted by Gasteiger charge is 2.12.